The average molecular weight is 360 g/mol. The van der Waals surface area contributed by atoms with Crippen LogP contribution in [-0.4, -0.2) is 31.2 Å². The number of rotatable bonds is 3. The van der Waals surface area contributed by atoms with Gasteiger partial charge in [-0.25, -0.2) is 19.7 Å². The van der Waals surface area contributed by atoms with E-state index in [4.69, 9.17) is 16.3 Å². The highest BCUT2D eigenvalue weighted by Gasteiger charge is 2.15. The first-order valence-corrected chi connectivity index (χ1v) is 8.11. The molecule has 0 bridgehead atoms. The molecule has 2 aromatic heterocycles. The number of carbonyl (C=O) groups excluding carboxylic acids is 1. The van der Waals surface area contributed by atoms with Gasteiger partial charge in [-0.2, -0.15) is 0 Å². The third-order valence-electron chi connectivity index (χ3n) is 3.34. The van der Waals surface area contributed by atoms with E-state index in [0.717, 1.165) is 11.3 Å². The smallest absolute Gasteiger partial charge is 0.407 e. The number of fused-ring (bicyclic) bond motifs is 1. The highest BCUT2D eigenvalue weighted by Crippen LogP contribution is 2.20. The zero-order valence-electron chi connectivity index (χ0n) is 14.2. The maximum absolute atomic E-state index is 11.7. The minimum absolute atomic E-state index is 0.321. The second-order valence-corrected chi connectivity index (χ2v) is 6.83. The van der Waals surface area contributed by atoms with E-state index in [2.05, 4.69) is 20.3 Å². The van der Waals surface area contributed by atoms with Crippen LogP contribution < -0.4 is 5.32 Å². The van der Waals surface area contributed by atoms with Crippen molar-refractivity contribution >= 4 is 28.9 Å². The normalized spacial score (nSPS) is 11.5. The Hall–Kier alpha value is -2.67. The van der Waals surface area contributed by atoms with Gasteiger partial charge in [-0.1, -0.05) is 23.7 Å². The van der Waals surface area contributed by atoms with Crippen LogP contribution in [0.2, 0.25) is 5.15 Å². The maximum atomic E-state index is 11.7. The lowest BCUT2D eigenvalue weighted by Crippen LogP contribution is -2.32. The number of carbonyl (C=O) groups is 1. The fourth-order valence-corrected chi connectivity index (χ4v) is 2.43. The molecule has 0 saturated heterocycles. The van der Waals surface area contributed by atoms with Crippen molar-refractivity contribution < 1.29 is 9.53 Å². The number of amides is 1. The van der Waals surface area contributed by atoms with Crippen molar-refractivity contribution in [1.29, 1.82) is 0 Å². The van der Waals surface area contributed by atoms with Crippen molar-refractivity contribution in [3.05, 3.63) is 47.6 Å². The van der Waals surface area contributed by atoms with Gasteiger partial charge in [0.05, 0.1) is 0 Å². The van der Waals surface area contributed by atoms with Gasteiger partial charge >= 0.3 is 6.09 Å². The van der Waals surface area contributed by atoms with Gasteiger partial charge in [-0.3, -0.25) is 4.57 Å². The van der Waals surface area contributed by atoms with Crippen LogP contribution in [0.5, 0.6) is 0 Å². The molecule has 0 radical (unpaired) electrons. The van der Waals surface area contributed by atoms with Crippen LogP contribution in [0.3, 0.4) is 0 Å². The van der Waals surface area contributed by atoms with Crippen LogP contribution in [0, 0.1) is 0 Å². The Labute approximate surface area is 150 Å². The molecule has 8 heteroatoms. The predicted octanol–water partition coefficient (Wildman–Crippen LogP) is 3.49. The number of imidazole rings is 1. The maximum Gasteiger partial charge on any atom is 0.407 e. The van der Waals surface area contributed by atoms with Gasteiger partial charge in [0.25, 0.3) is 0 Å². The Balaban J connectivity index is 1.72. The number of benzene rings is 1. The summed E-state index contributed by atoms with van der Waals surface area (Å²) in [4.78, 5) is 24.1. The average Bonchev–Trinajstić information content (AvgIpc) is 2.97. The van der Waals surface area contributed by atoms with Crippen LogP contribution in [0.1, 0.15) is 26.3 Å². The van der Waals surface area contributed by atoms with Crippen molar-refractivity contribution in [2.24, 2.45) is 0 Å². The van der Waals surface area contributed by atoms with Gasteiger partial charge in [0.2, 0.25) is 0 Å². The molecule has 1 N–H and O–H groups in total. The molecule has 130 valence electrons. The number of hydrogen-bond acceptors (Lipinski definition) is 5. The van der Waals surface area contributed by atoms with Crippen LogP contribution in [-0.2, 0) is 11.3 Å². The first kappa shape index (κ1) is 17.2. The summed E-state index contributed by atoms with van der Waals surface area (Å²) in [6.45, 7) is 5.86. The highest BCUT2D eigenvalue weighted by atomic mass is 35.5. The number of ether oxygens (including phenoxy) is 1. The molecule has 0 saturated carbocycles. The van der Waals surface area contributed by atoms with Crippen LogP contribution in [0.25, 0.3) is 16.9 Å². The van der Waals surface area contributed by atoms with Gasteiger partial charge in [0, 0.05) is 12.2 Å². The van der Waals surface area contributed by atoms with Crippen molar-refractivity contribution in [1.82, 2.24) is 24.8 Å². The molecule has 0 aliphatic carbocycles. The molecule has 1 aromatic carbocycles. The van der Waals surface area contributed by atoms with E-state index in [1.807, 2.05) is 49.6 Å². The number of halogens is 1. The molecule has 7 nitrogen and oxygen atoms in total. The van der Waals surface area contributed by atoms with Crippen molar-refractivity contribution in [2.45, 2.75) is 32.9 Å². The first-order chi connectivity index (χ1) is 11.8. The SMILES string of the molecule is CC(C)(C)OC(=O)NCc1ccc(-n2cnc3c(Cl)ncnc32)cc1. The molecule has 0 fully saturated rings. The predicted molar refractivity (Wildman–Crippen MR) is 94.7 cm³/mol. The summed E-state index contributed by atoms with van der Waals surface area (Å²) in [5.74, 6) is 0. The van der Waals surface area contributed by atoms with E-state index in [1.165, 1.54) is 6.33 Å². The highest BCUT2D eigenvalue weighted by molar-refractivity contribution is 6.33. The van der Waals surface area contributed by atoms with Crippen LogP contribution in [0.15, 0.2) is 36.9 Å². The van der Waals surface area contributed by atoms with Crippen molar-refractivity contribution in [2.75, 3.05) is 0 Å². The quantitative estimate of drug-likeness (QED) is 0.724. The molecule has 2 heterocycles. The second kappa shape index (κ2) is 6.68. The van der Waals surface area contributed by atoms with E-state index < -0.39 is 11.7 Å². The van der Waals surface area contributed by atoms with Gasteiger partial charge in [-0.15, -0.1) is 0 Å². The lowest BCUT2D eigenvalue weighted by atomic mass is 10.2. The fourth-order valence-electron chi connectivity index (χ4n) is 2.26. The minimum Gasteiger partial charge on any atom is -0.444 e. The van der Waals surface area contributed by atoms with Gasteiger partial charge in [-0.05, 0) is 38.5 Å². The molecule has 0 unspecified atom stereocenters. The molecular formula is C17H18ClN5O2. The summed E-state index contributed by atoms with van der Waals surface area (Å²) in [6.07, 6.45) is 2.62. The second-order valence-electron chi connectivity index (χ2n) is 6.47. The summed E-state index contributed by atoms with van der Waals surface area (Å²) >= 11 is 6.02. The third kappa shape index (κ3) is 4.06. The summed E-state index contributed by atoms with van der Waals surface area (Å²) < 4.78 is 7.04. The molecule has 0 spiro atoms. The topological polar surface area (TPSA) is 81.9 Å². The van der Waals surface area contributed by atoms with E-state index in [9.17, 15) is 4.79 Å². The Kier molecular flexibility index (Phi) is 4.59. The fraction of sp³-hybridized carbons (Fsp3) is 0.294. The Bertz CT molecular complexity index is 900. The Morgan fingerprint density at radius 1 is 1.20 bits per heavy atom. The monoisotopic (exact) mass is 359 g/mol. The molecule has 3 aromatic rings. The van der Waals surface area contributed by atoms with E-state index in [1.54, 1.807) is 6.33 Å². The lowest BCUT2D eigenvalue weighted by molar-refractivity contribution is 0.0523. The van der Waals surface area contributed by atoms with E-state index in [0.29, 0.717) is 22.9 Å². The van der Waals surface area contributed by atoms with E-state index in [-0.39, 0.29) is 0 Å². The summed E-state index contributed by atoms with van der Waals surface area (Å²) in [7, 11) is 0. The molecule has 0 atom stereocenters. The molecule has 0 aliphatic rings. The molecule has 0 aliphatic heterocycles. The molecule has 25 heavy (non-hydrogen) atoms. The number of nitrogens with one attached hydrogen (secondary N) is 1. The molecule has 1 amide bonds. The zero-order chi connectivity index (χ0) is 18.0. The minimum atomic E-state index is -0.514. The largest absolute Gasteiger partial charge is 0.444 e. The van der Waals surface area contributed by atoms with Gasteiger partial charge in [0.15, 0.2) is 10.8 Å². The number of hydrogen-bond donors (Lipinski definition) is 1. The number of aromatic nitrogens is 4. The molecular weight excluding hydrogens is 342 g/mol. The van der Waals surface area contributed by atoms with Crippen LogP contribution in [0.4, 0.5) is 4.79 Å². The van der Waals surface area contributed by atoms with Crippen molar-refractivity contribution in [3.63, 3.8) is 0 Å². The lowest BCUT2D eigenvalue weighted by Gasteiger charge is -2.19. The summed E-state index contributed by atoms with van der Waals surface area (Å²) in [5.41, 5.74) is 2.52. The Morgan fingerprint density at radius 2 is 1.92 bits per heavy atom. The van der Waals surface area contributed by atoms with Crippen molar-refractivity contribution in [3.8, 4) is 5.69 Å². The first-order valence-electron chi connectivity index (χ1n) is 7.73. The number of alkyl carbamates (subject to hydrolysis) is 1. The zero-order valence-corrected chi connectivity index (χ0v) is 14.9. The summed E-state index contributed by atoms with van der Waals surface area (Å²) in [5, 5.41) is 3.05. The molecule has 3 rings (SSSR count). The van der Waals surface area contributed by atoms with Crippen LogP contribution >= 0.6 is 11.6 Å². The van der Waals surface area contributed by atoms with E-state index >= 15 is 0 Å². The standard InChI is InChI=1S/C17H18ClN5O2/c1-17(2,3)25-16(24)19-8-11-4-6-12(7-5-11)23-10-22-13-14(18)20-9-21-15(13)23/h4-7,9-10H,8H2,1-3H3,(H,19,24). The number of nitrogens with zero attached hydrogens (tertiary/aromatic N) is 4. The Morgan fingerprint density at radius 3 is 2.60 bits per heavy atom. The van der Waals surface area contributed by atoms with Gasteiger partial charge in [0.1, 0.15) is 23.8 Å². The third-order valence-corrected chi connectivity index (χ3v) is 3.62. The summed E-state index contributed by atoms with van der Waals surface area (Å²) in [6, 6.07) is 7.68. The van der Waals surface area contributed by atoms with Gasteiger partial charge < -0.3 is 10.1 Å².